The Hall–Kier alpha value is -1.58. The third-order valence-corrected chi connectivity index (χ3v) is 3.54. The van der Waals surface area contributed by atoms with E-state index in [0.717, 1.165) is 23.7 Å². The molecule has 90 valence electrons. The van der Waals surface area contributed by atoms with Crippen LogP contribution < -0.4 is 10.6 Å². The molecular formula is C13H18N4. The fourth-order valence-electron chi connectivity index (χ4n) is 2.25. The van der Waals surface area contributed by atoms with Crippen molar-refractivity contribution in [2.75, 3.05) is 11.4 Å². The van der Waals surface area contributed by atoms with Crippen LogP contribution in [0, 0.1) is 11.3 Å². The highest BCUT2D eigenvalue weighted by Crippen LogP contribution is 2.38. The van der Waals surface area contributed by atoms with Gasteiger partial charge in [0.05, 0.1) is 11.9 Å². The van der Waals surface area contributed by atoms with Crippen molar-refractivity contribution in [2.24, 2.45) is 11.7 Å². The molecule has 0 spiro atoms. The summed E-state index contributed by atoms with van der Waals surface area (Å²) in [7, 11) is 0. The first-order valence-electron chi connectivity index (χ1n) is 6.31. The quantitative estimate of drug-likeness (QED) is 0.598. The molecule has 0 radical (unpaired) electrons. The van der Waals surface area contributed by atoms with Crippen molar-refractivity contribution in [1.82, 2.24) is 4.98 Å². The van der Waals surface area contributed by atoms with Gasteiger partial charge >= 0.3 is 0 Å². The maximum atomic E-state index is 7.65. The molecule has 0 aromatic carbocycles. The number of nitrogens with two attached hydrogens (primary N) is 1. The molecule has 4 nitrogen and oxygen atoms in total. The summed E-state index contributed by atoms with van der Waals surface area (Å²) in [6, 6.07) is 2.50. The lowest BCUT2D eigenvalue weighted by Crippen LogP contribution is -2.30. The van der Waals surface area contributed by atoms with Crippen LogP contribution in [0.5, 0.6) is 0 Å². The van der Waals surface area contributed by atoms with Gasteiger partial charge in [-0.25, -0.2) is 0 Å². The van der Waals surface area contributed by atoms with Crippen molar-refractivity contribution >= 4 is 11.5 Å². The first kappa shape index (κ1) is 10.6. The Morgan fingerprint density at radius 2 is 2.18 bits per heavy atom. The number of anilines is 1. The van der Waals surface area contributed by atoms with Crippen molar-refractivity contribution in [3.8, 4) is 0 Å². The van der Waals surface area contributed by atoms with Crippen LogP contribution in [0.1, 0.15) is 31.2 Å². The molecule has 3 rings (SSSR count). The van der Waals surface area contributed by atoms with Gasteiger partial charge in [-0.3, -0.25) is 10.4 Å². The molecule has 0 saturated heterocycles. The number of nitrogens with one attached hydrogen (secondary N) is 1. The lowest BCUT2D eigenvalue weighted by atomic mass is 10.1. The third-order valence-electron chi connectivity index (χ3n) is 3.54. The number of hydrogen-bond acceptors (Lipinski definition) is 3. The van der Waals surface area contributed by atoms with Gasteiger partial charge in [-0.05, 0) is 37.7 Å². The van der Waals surface area contributed by atoms with Gasteiger partial charge in [0.1, 0.15) is 5.84 Å². The molecule has 3 N–H and O–H groups in total. The van der Waals surface area contributed by atoms with E-state index in [1.54, 1.807) is 6.20 Å². The van der Waals surface area contributed by atoms with E-state index in [4.69, 9.17) is 11.1 Å². The van der Waals surface area contributed by atoms with Gasteiger partial charge in [-0.1, -0.05) is 0 Å². The van der Waals surface area contributed by atoms with Crippen molar-refractivity contribution in [3.05, 3.63) is 24.0 Å². The van der Waals surface area contributed by atoms with E-state index in [9.17, 15) is 0 Å². The van der Waals surface area contributed by atoms with Crippen molar-refractivity contribution < 1.29 is 0 Å². The minimum atomic E-state index is 0.142. The average Bonchev–Trinajstić information content (AvgIpc) is 3.17. The largest absolute Gasteiger partial charge is 0.384 e. The van der Waals surface area contributed by atoms with Gasteiger partial charge in [0.2, 0.25) is 0 Å². The van der Waals surface area contributed by atoms with E-state index in [-0.39, 0.29) is 5.84 Å². The first-order valence-corrected chi connectivity index (χ1v) is 6.31. The maximum absolute atomic E-state index is 7.65. The normalized spacial score (nSPS) is 19.1. The average molecular weight is 230 g/mol. The number of hydrogen-bond donors (Lipinski definition) is 2. The number of pyridine rings is 1. The monoisotopic (exact) mass is 230 g/mol. The van der Waals surface area contributed by atoms with Crippen molar-refractivity contribution in [2.45, 2.75) is 31.7 Å². The molecule has 2 aliphatic carbocycles. The second-order valence-electron chi connectivity index (χ2n) is 5.13. The Labute approximate surface area is 101 Å². The summed E-state index contributed by atoms with van der Waals surface area (Å²) in [5.74, 6) is 0.986. The molecule has 2 fully saturated rings. The standard InChI is InChI=1S/C13H18N4/c14-13(15)11-5-6-16-7-12(11)17(10-3-4-10)8-9-1-2-9/h5-7,9-10H,1-4,8H2,(H3,14,15). The lowest BCUT2D eigenvalue weighted by Gasteiger charge is -2.26. The highest BCUT2D eigenvalue weighted by molar-refractivity contribution is 6.00. The Kier molecular flexibility index (Phi) is 2.50. The van der Waals surface area contributed by atoms with Gasteiger partial charge in [0.25, 0.3) is 0 Å². The van der Waals surface area contributed by atoms with E-state index in [2.05, 4.69) is 9.88 Å². The minimum Gasteiger partial charge on any atom is -0.384 e. The molecule has 0 bridgehead atoms. The zero-order chi connectivity index (χ0) is 11.8. The molecule has 1 aromatic rings. The summed E-state index contributed by atoms with van der Waals surface area (Å²) in [5, 5.41) is 7.65. The summed E-state index contributed by atoms with van der Waals surface area (Å²) in [6.45, 7) is 1.11. The number of nitrogen functional groups attached to an aromatic ring is 1. The second kappa shape index (κ2) is 4.02. The van der Waals surface area contributed by atoms with Crippen LogP contribution in [-0.4, -0.2) is 23.4 Å². The van der Waals surface area contributed by atoms with Crippen molar-refractivity contribution in [1.29, 1.82) is 5.41 Å². The van der Waals surface area contributed by atoms with Crippen LogP contribution in [-0.2, 0) is 0 Å². The van der Waals surface area contributed by atoms with Gasteiger partial charge < -0.3 is 10.6 Å². The SMILES string of the molecule is N=C(N)c1ccncc1N(CC1CC1)C1CC1. The van der Waals surface area contributed by atoms with Crippen LogP contribution in [0.3, 0.4) is 0 Å². The highest BCUT2D eigenvalue weighted by Gasteiger charge is 2.35. The Morgan fingerprint density at radius 3 is 2.76 bits per heavy atom. The van der Waals surface area contributed by atoms with Crippen LogP contribution in [0.25, 0.3) is 0 Å². The highest BCUT2D eigenvalue weighted by atomic mass is 15.2. The lowest BCUT2D eigenvalue weighted by molar-refractivity contribution is 0.717. The molecule has 0 unspecified atom stereocenters. The Bertz CT molecular complexity index is 435. The minimum absolute atomic E-state index is 0.142. The summed E-state index contributed by atoms with van der Waals surface area (Å²) in [5.41, 5.74) is 7.53. The summed E-state index contributed by atoms with van der Waals surface area (Å²) in [4.78, 5) is 6.61. The predicted octanol–water partition coefficient (Wildman–Crippen LogP) is 1.74. The number of aromatic nitrogens is 1. The molecule has 0 aliphatic heterocycles. The molecular weight excluding hydrogens is 212 g/mol. The fraction of sp³-hybridized carbons (Fsp3) is 0.538. The van der Waals surface area contributed by atoms with E-state index in [1.807, 2.05) is 12.3 Å². The molecule has 1 aromatic heterocycles. The van der Waals surface area contributed by atoms with Crippen LogP contribution in [0.4, 0.5) is 5.69 Å². The molecule has 0 amide bonds. The molecule has 2 aliphatic rings. The van der Waals surface area contributed by atoms with E-state index in [0.29, 0.717) is 6.04 Å². The molecule has 4 heteroatoms. The molecule has 0 atom stereocenters. The zero-order valence-electron chi connectivity index (χ0n) is 9.89. The zero-order valence-corrected chi connectivity index (χ0v) is 9.89. The van der Waals surface area contributed by atoms with Crippen LogP contribution in [0.15, 0.2) is 18.5 Å². The van der Waals surface area contributed by atoms with Gasteiger partial charge in [0, 0.05) is 24.3 Å². The van der Waals surface area contributed by atoms with E-state index < -0.39 is 0 Å². The Balaban J connectivity index is 1.90. The van der Waals surface area contributed by atoms with Gasteiger partial charge in [-0.2, -0.15) is 0 Å². The van der Waals surface area contributed by atoms with Crippen molar-refractivity contribution in [3.63, 3.8) is 0 Å². The van der Waals surface area contributed by atoms with Crippen LogP contribution in [0.2, 0.25) is 0 Å². The first-order chi connectivity index (χ1) is 8.25. The number of rotatable bonds is 5. The van der Waals surface area contributed by atoms with E-state index >= 15 is 0 Å². The topological polar surface area (TPSA) is 66.0 Å². The summed E-state index contributed by atoms with van der Waals surface area (Å²) >= 11 is 0. The summed E-state index contributed by atoms with van der Waals surface area (Å²) < 4.78 is 0. The molecule has 1 heterocycles. The Morgan fingerprint density at radius 1 is 1.41 bits per heavy atom. The molecule has 2 saturated carbocycles. The van der Waals surface area contributed by atoms with Crippen LogP contribution >= 0.6 is 0 Å². The number of amidine groups is 1. The predicted molar refractivity (Wildman–Crippen MR) is 68.3 cm³/mol. The second-order valence-corrected chi connectivity index (χ2v) is 5.13. The summed E-state index contributed by atoms with van der Waals surface area (Å²) in [6.07, 6.45) is 8.79. The smallest absolute Gasteiger partial charge is 0.125 e. The maximum Gasteiger partial charge on any atom is 0.125 e. The fourth-order valence-corrected chi connectivity index (χ4v) is 2.25. The van der Waals surface area contributed by atoms with Gasteiger partial charge in [-0.15, -0.1) is 0 Å². The number of nitrogens with zero attached hydrogens (tertiary/aromatic N) is 2. The van der Waals surface area contributed by atoms with Gasteiger partial charge in [0.15, 0.2) is 0 Å². The van der Waals surface area contributed by atoms with E-state index in [1.165, 1.54) is 25.7 Å². The third kappa shape index (κ3) is 2.25. The molecule has 17 heavy (non-hydrogen) atoms.